The minimum Gasteiger partial charge on any atom is -0.275 e. The van der Waals surface area contributed by atoms with Gasteiger partial charge in [-0.05, 0) is 28.7 Å². The second-order valence-corrected chi connectivity index (χ2v) is 4.73. The number of aliphatic imine (C=N–C) groups is 2. The molecular weight excluding hydrogens is 284 g/mol. The van der Waals surface area contributed by atoms with Gasteiger partial charge in [-0.3, -0.25) is 4.90 Å². The quantitative estimate of drug-likeness (QED) is 0.588. The minimum absolute atomic E-state index is 0.134. The van der Waals surface area contributed by atoms with Gasteiger partial charge in [-0.25, -0.2) is 8.78 Å². The van der Waals surface area contributed by atoms with E-state index >= 15 is 0 Å². The summed E-state index contributed by atoms with van der Waals surface area (Å²) in [6.45, 7) is 1.73. The molecule has 0 amide bonds. The minimum atomic E-state index is -0.748. The molecule has 0 radical (unpaired) electrons. The Morgan fingerprint density at radius 2 is 1.90 bits per heavy atom. The number of hydrogen-bond donors (Lipinski definition) is 0. The molecule has 0 saturated heterocycles. The van der Waals surface area contributed by atoms with Gasteiger partial charge in [-0.2, -0.15) is 9.98 Å². The molecule has 0 aromatic heterocycles. The highest BCUT2D eigenvalue weighted by Crippen LogP contribution is 2.36. The second-order valence-electron chi connectivity index (χ2n) is 4.37. The number of fused-ring (bicyclic) bond motifs is 1. The van der Waals surface area contributed by atoms with E-state index in [1.54, 1.807) is 18.9 Å². The van der Waals surface area contributed by atoms with Crippen molar-refractivity contribution < 1.29 is 8.78 Å². The van der Waals surface area contributed by atoms with Gasteiger partial charge >= 0.3 is 11.1 Å². The molecule has 3 rings (SSSR count). The van der Waals surface area contributed by atoms with E-state index < -0.39 is 16.2 Å². The van der Waals surface area contributed by atoms with Gasteiger partial charge in [-0.15, -0.1) is 0 Å². The number of halogens is 2. The van der Waals surface area contributed by atoms with Gasteiger partial charge in [0.05, 0.1) is 0 Å². The molecule has 1 unspecified atom stereocenters. The molecule has 2 heterocycles. The topological polar surface area (TPSA) is 40.3 Å². The van der Waals surface area contributed by atoms with Crippen molar-refractivity contribution in [3.63, 3.8) is 0 Å². The van der Waals surface area contributed by atoms with E-state index in [1.165, 1.54) is 12.4 Å². The van der Waals surface area contributed by atoms with Crippen LogP contribution in [0.15, 0.2) is 33.3 Å². The number of amidine groups is 1. The van der Waals surface area contributed by atoms with Crippen LogP contribution in [-0.2, 0) is 0 Å². The molecule has 1 aromatic rings. The second kappa shape index (κ2) is 4.22. The van der Waals surface area contributed by atoms with Crippen LogP contribution < -0.4 is 4.59 Å². The van der Waals surface area contributed by atoms with Crippen LogP contribution in [0.5, 0.6) is 0 Å². The van der Waals surface area contributed by atoms with Crippen molar-refractivity contribution in [3.8, 4) is 0 Å². The first-order valence-corrected chi connectivity index (χ1v) is 6.19. The van der Waals surface area contributed by atoms with Gasteiger partial charge in [0.25, 0.3) is 0 Å². The Morgan fingerprint density at radius 3 is 2.55 bits per heavy atom. The Labute approximate surface area is 119 Å². The highest BCUT2D eigenvalue weighted by molar-refractivity contribution is 7.80. The molecule has 0 bridgehead atoms. The van der Waals surface area contributed by atoms with Crippen molar-refractivity contribution in [2.24, 2.45) is 15.1 Å². The fourth-order valence-electron chi connectivity index (χ4n) is 2.15. The average molecular weight is 294 g/mol. The zero-order valence-corrected chi connectivity index (χ0v) is 11.5. The predicted molar refractivity (Wildman–Crippen MR) is 77.5 cm³/mol. The Morgan fingerprint density at radius 1 is 1.25 bits per heavy atom. The molecule has 1 atom stereocenters. The zero-order valence-electron chi connectivity index (χ0n) is 10.7. The summed E-state index contributed by atoms with van der Waals surface area (Å²) in [5.41, 5.74) is -0.298. The first-order valence-electron chi connectivity index (χ1n) is 5.78. The Bertz CT molecular complexity index is 692. The molecule has 2 aliphatic heterocycles. The fraction of sp³-hybridized carbons (Fsp3) is 0.167. The number of rotatable bonds is 1. The fourth-order valence-corrected chi connectivity index (χ4v) is 2.51. The Hall–Kier alpha value is -2.06. The smallest absolute Gasteiger partial charge is 0.275 e. The average Bonchev–Trinajstić information content (AvgIpc) is 2.81. The predicted octanol–water partition coefficient (Wildman–Crippen LogP) is 2.23. The van der Waals surface area contributed by atoms with E-state index in [2.05, 4.69) is 15.1 Å². The number of thiocarbonyl (C=S) groups is 1. The van der Waals surface area contributed by atoms with Crippen molar-refractivity contribution in [1.29, 1.82) is 0 Å². The van der Waals surface area contributed by atoms with Crippen LogP contribution in [0, 0.1) is 11.6 Å². The first kappa shape index (κ1) is 12.9. The van der Waals surface area contributed by atoms with Crippen LogP contribution in [0.1, 0.15) is 6.92 Å². The third-order valence-corrected chi connectivity index (χ3v) is 3.80. The summed E-state index contributed by atoms with van der Waals surface area (Å²) in [7, 11) is 1.67. The van der Waals surface area contributed by atoms with Crippen molar-refractivity contribution in [2.45, 2.75) is 6.92 Å². The van der Waals surface area contributed by atoms with Crippen molar-refractivity contribution in [1.82, 2.24) is 9.49 Å². The molecule has 2 aliphatic rings. The lowest BCUT2D eigenvalue weighted by atomic mass is 10.2. The van der Waals surface area contributed by atoms with E-state index in [0.717, 1.165) is 12.1 Å². The van der Waals surface area contributed by atoms with Gasteiger partial charge in [0.15, 0.2) is 18.0 Å². The van der Waals surface area contributed by atoms with Gasteiger partial charge in [0, 0.05) is 19.3 Å². The molecule has 1 aromatic carbocycles. The Kier molecular flexibility index (Phi) is 2.73. The first-order chi connectivity index (χ1) is 9.48. The van der Waals surface area contributed by atoms with Crippen LogP contribution in [0.3, 0.4) is 0 Å². The zero-order chi connectivity index (χ0) is 14.5. The van der Waals surface area contributed by atoms with Gasteiger partial charge in [0.2, 0.25) is 5.69 Å². The van der Waals surface area contributed by atoms with Crippen LogP contribution in [0.4, 0.5) is 14.5 Å². The van der Waals surface area contributed by atoms with Crippen LogP contribution >= 0.6 is 12.2 Å². The molecule has 102 valence electrons. The number of benzene rings is 1. The summed E-state index contributed by atoms with van der Waals surface area (Å²) in [5.74, 6) is -0.774. The molecule has 0 saturated carbocycles. The SMILES string of the molecule is CC1=NC2=NC=N[N+]2(c2c(F)cccc2F)C(=S)N1C. The van der Waals surface area contributed by atoms with E-state index in [4.69, 9.17) is 12.2 Å². The lowest BCUT2D eigenvalue weighted by Crippen LogP contribution is -2.62. The number of para-hydroxylation sites is 1. The molecule has 0 aliphatic carbocycles. The summed E-state index contributed by atoms with van der Waals surface area (Å²) >= 11 is 5.35. The summed E-state index contributed by atoms with van der Waals surface area (Å²) < 4.78 is 27.6. The highest BCUT2D eigenvalue weighted by Gasteiger charge is 2.54. The third kappa shape index (κ3) is 1.49. The van der Waals surface area contributed by atoms with E-state index in [1.807, 2.05) is 0 Å². The maximum Gasteiger partial charge on any atom is 0.372 e. The molecule has 0 spiro atoms. The standard InChI is InChI=1S/C12H10F2N5S/c1-7-17-11-15-6-16-19(11,12(20)18(7)2)10-8(13)4-3-5-9(10)14/h3-6H,1-2H3/q+1. The maximum absolute atomic E-state index is 14.2. The van der Waals surface area contributed by atoms with Crippen LogP contribution in [-0.4, -0.2) is 35.2 Å². The molecule has 8 heteroatoms. The number of guanidine groups is 1. The molecule has 20 heavy (non-hydrogen) atoms. The number of quaternary nitrogens is 1. The lowest BCUT2D eigenvalue weighted by Gasteiger charge is -2.34. The Balaban J connectivity index is 2.33. The summed E-state index contributed by atoms with van der Waals surface area (Å²) in [5, 5.41) is 4.27. The van der Waals surface area contributed by atoms with Crippen LogP contribution in [0.25, 0.3) is 0 Å². The molecule has 0 fully saturated rings. The van der Waals surface area contributed by atoms with Crippen molar-refractivity contribution in [2.75, 3.05) is 7.05 Å². The molecule has 0 N–H and O–H groups in total. The van der Waals surface area contributed by atoms with Crippen molar-refractivity contribution in [3.05, 3.63) is 29.8 Å². The van der Waals surface area contributed by atoms with E-state index in [0.29, 0.717) is 5.84 Å². The van der Waals surface area contributed by atoms with Crippen LogP contribution in [0.2, 0.25) is 0 Å². The largest absolute Gasteiger partial charge is 0.372 e. The highest BCUT2D eigenvalue weighted by atomic mass is 32.1. The van der Waals surface area contributed by atoms with E-state index in [-0.39, 0.29) is 16.8 Å². The number of hydrogen-bond acceptors (Lipinski definition) is 4. The maximum atomic E-state index is 14.2. The number of nitrogens with zero attached hydrogens (tertiary/aromatic N) is 5. The van der Waals surface area contributed by atoms with Crippen molar-refractivity contribution >= 4 is 41.2 Å². The molecule has 5 nitrogen and oxygen atoms in total. The summed E-state index contributed by atoms with van der Waals surface area (Å²) in [6.07, 6.45) is 1.21. The monoisotopic (exact) mass is 294 g/mol. The summed E-state index contributed by atoms with van der Waals surface area (Å²) in [4.78, 5) is 9.77. The summed E-state index contributed by atoms with van der Waals surface area (Å²) in [6, 6.07) is 3.60. The van der Waals surface area contributed by atoms with Gasteiger partial charge in [0.1, 0.15) is 5.84 Å². The third-order valence-electron chi connectivity index (χ3n) is 3.26. The van der Waals surface area contributed by atoms with Gasteiger partial charge in [-0.1, -0.05) is 6.07 Å². The van der Waals surface area contributed by atoms with Gasteiger partial charge < -0.3 is 0 Å². The lowest BCUT2D eigenvalue weighted by molar-refractivity contribution is 0.484. The normalized spacial score (nSPS) is 24.6. The molecular formula is C12H10F2N5S+. The van der Waals surface area contributed by atoms with E-state index in [9.17, 15) is 8.78 Å².